The van der Waals surface area contributed by atoms with Crippen LogP contribution in [0.2, 0.25) is 0 Å². The van der Waals surface area contributed by atoms with E-state index >= 15 is 0 Å². The zero-order valence-corrected chi connectivity index (χ0v) is 9.40. The lowest BCUT2D eigenvalue weighted by molar-refractivity contribution is 0.273. The van der Waals surface area contributed by atoms with Crippen molar-refractivity contribution in [2.24, 2.45) is 0 Å². The summed E-state index contributed by atoms with van der Waals surface area (Å²) in [5, 5.41) is 8.74. The van der Waals surface area contributed by atoms with Gasteiger partial charge in [-0.15, -0.1) is 0 Å². The number of aliphatic hydroxyl groups excluding tert-OH is 1. The van der Waals surface area contributed by atoms with E-state index in [-0.39, 0.29) is 6.61 Å². The quantitative estimate of drug-likeness (QED) is 0.636. The van der Waals surface area contributed by atoms with E-state index in [0.717, 1.165) is 11.0 Å². The van der Waals surface area contributed by atoms with Gasteiger partial charge in [0.25, 0.3) is 10.1 Å². The van der Waals surface area contributed by atoms with Gasteiger partial charge in [0.1, 0.15) is 12.4 Å². The van der Waals surface area contributed by atoms with Gasteiger partial charge in [0.2, 0.25) is 0 Å². The average molecular weight is 244 g/mol. The highest BCUT2D eigenvalue weighted by molar-refractivity contribution is 7.85. The molecule has 1 aromatic heterocycles. The second-order valence-corrected chi connectivity index (χ2v) is 4.56. The van der Waals surface area contributed by atoms with Crippen molar-refractivity contribution in [3.8, 4) is 0 Å². The van der Waals surface area contributed by atoms with E-state index in [1.165, 1.54) is 0 Å². The maximum atomic E-state index is 9.19. The normalized spacial score (nSPS) is 10.9. The predicted octanol–water partition coefficient (Wildman–Crippen LogP) is 0.559. The molecule has 88 valence electrons. The molecule has 0 aliphatic rings. The Morgan fingerprint density at radius 3 is 2.44 bits per heavy atom. The molecule has 1 aromatic carbocycles. The average Bonchev–Trinajstić information content (AvgIpc) is 2.57. The highest BCUT2D eigenvalue weighted by atomic mass is 32.2. The summed E-state index contributed by atoms with van der Waals surface area (Å²) in [5.74, 6) is 0.617. The highest BCUT2D eigenvalue weighted by Gasteiger charge is 1.97. The minimum Gasteiger partial charge on any atom is -0.388 e. The fraction of sp³-hybridized carbons (Fsp3) is 0.222. The molecular weight excluding hydrogens is 232 g/mol. The summed E-state index contributed by atoms with van der Waals surface area (Å²) >= 11 is 0. The molecule has 0 aliphatic carbocycles. The fourth-order valence-corrected chi connectivity index (χ4v) is 1.08. The second kappa shape index (κ2) is 5.06. The molecule has 0 saturated heterocycles. The number of aromatic nitrogens is 2. The second-order valence-electron chi connectivity index (χ2n) is 3.09. The number of rotatable bonds is 1. The van der Waals surface area contributed by atoms with Crippen LogP contribution in [0.1, 0.15) is 5.82 Å². The largest absolute Gasteiger partial charge is 0.388 e. The number of aliphatic hydroxyl groups is 1. The molecule has 0 bridgehead atoms. The number of imidazole rings is 1. The summed E-state index contributed by atoms with van der Waals surface area (Å²) in [6, 6.07) is 7.69. The minimum absolute atomic E-state index is 0.0331. The van der Waals surface area contributed by atoms with Crippen molar-refractivity contribution in [2.45, 2.75) is 6.61 Å². The van der Waals surface area contributed by atoms with Crippen molar-refractivity contribution in [1.82, 2.24) is 9.97 Å². The molecule has 6 nitrogen and oxygen atoms in total. The van der Waals surface area contributed by atoms with Gasteiger partial charge >= 0.3 is 0 Å². The summed E-state index contributed by atoms with van der Waals surface area (Å²) in [6.07, 6.45) is 0.715. The Morgan fingerprint density at radius 2 is 1.94 bits per heavy atom. The summed E-state index contributed by atoms with van der Waals surface area (Å²) in [6.45, 7) is -0.0331. The summed E-state index contributed by atoms with van der Waals surface area (Å²) < 4.78 is 25.9. The van der Waals surface area contributed by atoms with E-state index in [0.29, 0.717) is 12.1 Å². The number of nitrogens with zero attached hydrogens (tertiary/aromatic N) is 1. The Morgan fingerprint density at radius 1 is 1.38 bits per heavy atom. The van der Waals surface area contributed by atoms with E-state index in [4.69, 9.17) is 9.66 Å². The molecule has 0 spiro atoms. The van der Waals surface area contributed by atoms with Gasteiger partial charge < -0.3 is 10.1 Å². The van der Waals surface area contributed by atoms with Crippen LogP contribution in [-0.4, -0.2) is 34.3 Å². The van der Waals surface area contributed by atoms with Crippen LogP contribution in [0.5, 0.6) is 0 Å². The molecule has 0 aliphatic heterocycles. The third kappa shape index (κ3) is 4.39. The molecule has 2 rings (SSSR count). The molecule has 0 radical (unpaired) electrons. The van der Waals surface area contributed by atoms with Crippen molar-refractivity contribution in [3.63, 3.8) is 0 Å². The Balaban J connectivity index is 0.000000221. The number of H-pyrrole nitrogens is 1. The Labute approximate surface area is 92.7 Å². The first-order valence-corrected chi connectivity index (χ1v) is 6.22. The Bertz CT molecular complexity index is 521. The molecule has 2 aromatic rings. The minimum atomic E-state index is -3.67. The number of nitrogens with one attached hydrogen (secondary N) is 1. The summed E-state index contributed by atoms with van der Waals surface area (Å²) in [7, 11) is -3.67. The first-order chi connectivity index (χ1) is 7.40. The van der Waals surface area contributed by atoms with Gasteiger partial charge in [0.15, 0.2) is 0 Å². The summed E-state index contributed by atoms with van der Waals surface area (Å²) in [5.41, 5.74) is 1.87. The fourth-order valence-electron chi connectivity index (χ4n) is 1.08. The van der Waals surface area contributed by atoms with Crippen molar-refractivity contribution < 1.29 is 18.1 Å². The maximum Gasteiger partial charge on any atom is 0.261 e. The molecule has 0 fully saturated rings. The molecule has 0 amide bonds. The number of hydrogen-bond acceptors (Lipinski definition) is 4. The SMILES string of the molecule is CS(=O)(=O)O.OCc1nc2ccccc2[nH]1. The molecule has 7 heteroatoms. The van der Waals surface area contributed by atoms with Crippen LogP contribution >= 0.6 is 0 Å². The number of benzene rings is 1. The van der Waals surface area contributed by atoms with Gasteiger partial charge in [-0.1, -0.05) is 12.1 Å². The third-order valence-corrected chi connectivity index (χ3v) is 1.59. The van der Waals surface area contributed by atoms with E-state index < -0.39 is 10.1 Å². The van der Waals surface area contributed by atoms with Crippen molar-refractivity contribution >= 4 is 21.2 Å². The lowest BCUT2D eigenvalue weighted by Gasteiger charge is -1.82. The Hall–Kier alpha value is -1.44. The molecule has 0 unspecified atom stereocenters. The highest BCUT2D eigenvalue weighted by Crippen LogP contribution is 2.09. The van der Waals surface area contributed by atoms with Gasteiger partial charge in [0, 0.05) is 0 Å². The van der Waals surface area contributed by atoms with E-state index in [1.807, 2.05) is 24.3 Å². The van der Waals surface area contributed by atoms with Crippen molar-refractivity contribution in [3.05, 3.63) is 30.1 Å². The molecule has 3 N–H and O–H groups in total. The van der Waals surface area contributed by atoms with Crippen LogP contribution in [-0.2, 0) is 16.7 Å². The van der Waals surface area contributed by atoms with Crippen LogP contribution in [0.3, 0.4) is 0 Å². The van der Waals surface area contributed by atoms with Crippen molar-refractivity contribution in [2.75, 3.05) is 6.26 Å². The van der Waals surface area contributed by atoms with Crippen LogP contribution in [0, 0.1) is 0 Å². The van der Waals surface area contributed by atoms with Gasteiger partial charge in [-0.25, -0.2) is 4.98 Å². The summed E-state index contributed by atoms with van der Waals surface area (Å²) in [4.78, 5) is 7.11. The van der Waals surface area contributed by atoms with E-state index in [1.54, 1.807) is 0 Å². The lowest BCUT2D eigenvalue weighted by Crippen LogP contribution is -1.88. The molecular formula is C9H12N2O4S. The van der Waals surface area contributed by atoms with E-state index in [2.05, 4.69) is 9.97 Å². The zero-order chi connectivity index (χ0) is 12.2. The number of fused-ring (bicyclic) bond motifs is 1. The van der Waals surface area contributed by atoms with Gasteiger partial charge in [-0.3, -0.25) is 4.55 Å². The van der Waals surface area contributed by atoms with Crippen LogP contribution < -0.4 is 0 Å². The first kappa shape index (κ1) is 12.6. The van der Waals surface area contributed by atoms with Crippen LogP contribution in [0.4, 0.5) is 0 Å². The van der Waals surface area contributed by atoms with Gasteiger partial charge in [0.05, 0.1) is 17.3 Å². The van der Waals surface area contributed by atoms with E-state index in [9.17, 15) is 8.42 Å². The molecule has 0 saturated carbocycles. The van der Waals surface area contributed by atoms with Crippen molar-refractivity contribution in [1.29, 1.82) is 0 Å². The first-order valence-electron chi connectivity index (χ1n) is 4.37. The van der Waals surface area contributed by atoms with Gasteiger partial charge in [-0.05, 0) is 12.1 Å². The molecule has 0 atom stereocenters. The number of hydrogen-bond donors (Lipinski definition) is 3. The number of para-hydroxylation sites is 2. The smallest absolute Gasteiger partial charge is 0.261 e. The maximum absolute atomic E-state index is 9.19. The number of aromatic amines is 1. The lowest BCUT2D eigenvalue weighted by atomic mass is 10.3. The van der Waals surface area contributed by atoms with Gasteiger partial charge in [-0.2, -0.15) is 8.42 Å². The third-order valence-electron chi connectivity index (χ3n) is 1.59. The monoisotopic (exact) mass is 244 g/mol. The standard InChI is InChI=1S/C8H8N2O.CH4O3S/c11-5-8-9-6-3-1-2-4-7(6)10-8;1-5(2,3)4/h1-4,11H,5H2,(H,9,10);1H3,(H,2,3,4). The van der Waals surface area contributed by atoms with Crippen LogP contribution in [0.15, 0.2) is 24.3 Å². The Kier molecular flexibility index (Phi) is 3.99. The van der Waals surface area contributed by atoms with Crippen LogP contribution in [0.25, 0.3) is 11.0 Å². The predicted molar refractivity (Wildman–Crippen MR) is 59.5 cm³/mol. The zero-order valence-electron chi connectivity index (χ0n) is 8.58. The molecule has 16 heavy (non-hydrogen) atoms. The molecule has 1 heterocycles. The topological polar surface area (TPSA) is 103 Å².